The molecule has 1 spiro atoms. The summed E-state index contributed by atoms with van der Waals surface area (Å²) in [6.45, 7) is 2.02. The number of rotatable bonds is 2. The second kappa shape index (κ2) is 4.38. The maximum absolute atomic E-state index is 12.8. The van der Waals surface area contributed by atoms with Crippen LogP contribution in [0.2, 0.25) is 0 Å². The molecule has 0 amide bonds. The molecule has 25 heavy (non-hydrogen) atoms. The fraction of sp³-hybridized carbons (Fsp3) is 0.650. The zero-order chi connectivity index (χ0) is 17.0. The van der Waals surface area contributed by atoms with Crippen molar-refractivity contribution in [3.63, 3.8) is 0 Å². The largest absolute Gasteiger partial charge is 0.479 e. The number of hydrogen-bond acceptors (Lipinski definition) is 5. The highest BCUT2D eigenvalue weighted by molar-refractivity contribution is 5.90. The summed E-state index contributed by atoms with van der Waals surface area (Å²) in [5.74, 6) is 1.59. The molecule has 1 saturated heterocycles. The van der Waals surface area contributed by atoms with E-state index >= 15 is 0 Å². The minimum atomic E-state index is -0.884. The van der Waals surface area contributed by atoms with Crippen molar-refractivity contribution in [2.24, 2.45) is 5.92 Å². The third kappa shape index (κ3) is 1.56. The van der Waals surface area contributed by atoms with E-state index < -0.39 is 17.1 Å². The lowest BCUT2D eigenvalue weighted by Crippen LogP contribution is -2.76. The van der Waals surface area contributed by atoms with Crippen LogP contribution >= 0.6 is 0 Å². The van der Waals surface area contributed by atoms with Crippen molar-refractivity contribution in [2.45, 2.75) is 61.7 Å². The average Bonchev–Trinajstić information content (AvgIpc) is 3.32. The van der Waals surface area contributed by atoms with Crippen LogP contribution in [0, 0.1) is 5.92 Å². The molecular weight excluding hydrogens is 316 g/mol. The van der Waals surface area contributed by atoms with Crippen LogP contribution < -0.4 is 10.5 Å². The second-order valence-corrected chi connectivity index (χ2v) is 8.79. The molecule has 5 nitrogen and oxygen atoms in total. The van der Waals surface area contributed by atoms with Gasteiger partial charge in [0, 0.05) is 24.6 Å². The van der Waals surface area contributed by atoms with Gasteiger partial charge in [-0.25, -0.2) is 0 Å². The number of ether oxygens (including phenoxy) is 1. The number of nitrogens with zero attached hydrogens (tertiary/aromatic N) is 1. The summed E-state index contributed by atoms with van der Waals surface area (Å²) < 4.78 is 6.16. The molecule has 3 N–H and O–H groups in total. The molecule has 3 fully saturated rings. The van der Waals surface area contributed by atoms with Crippen molar-refractivity contribution < 1.29 is 14.6 Å². The van der Waals surface area contributed by atoms with Crippen LogP contribution in [-0.2, 0) is 16.6 Å². The van der Waals surface area contributed by atoms with Crippen LogP contribution in [0.3, 0.4) is 0 Å². The first-order chi connectivity index (χ1) is 12.0. The third-order valence-electron chi connectivity index (χ3n) is 7.61. The highest BCUT2D eigenvalue weighted by atomic mass is 16.5. The minimum absolute atomic E-state index is 0.0862. The van der Waals surface area contributed by atoms with Crippen LogP contribution in [-0.4, -0.2) is 46.6 Å². The zero-order valence-electron chi connectivity index (χ0n) is 14.3. The van der Waals surface area contributed by atoms with Crippen LogP contribution in [0.4, 0.5) is 5.69 Å². The van der Waals surface area contributed by atoms with Gasteiger partial charge in [0.25, 0.3) is 0 Å². The van der Waals surface area contributed by atoms with Gasteiger partial charge in [-0.3, -0.25) is 9.69 Å². The molecule has 0 unspecified atom stereocenters. The zero-order valence-corrected chi connectivity index (χ0v) is 14.3. The van der Waals surface area contributed by atoms with E-state index in [1.165, 1.54) is 18.4 Å². The maximum atomic E-state index is 12.8. The number of aliphatic hydroxyl groups is 1. The summed E-state index contributed by atoms with van der Waals surface area (Å²) >= 11 is 0. The predicted molar refractivity (Wildman–Crippen MR) is 92.5 cm³/mol. The Hall–Kier alpha value is -1.59. The monoisotopic (exact) mass is 340 g/mol. The number of likely N-dealkylation sites (tertiary alicyclic amines) is 1. The van der Waals surface area contributed by atoms with Crippen LogP contribution in [0.25, 0.3) is 0 Å². The number of carbonyl (C=O) groups excluding carboxylic acids is 1. The number of nitrogens with two attached hydrogens (primary N) is 1. The first-order valence-corrected chi connectivity index (χ1v) is 9.62. The Kier molecular flexibility index (Phi) is 2.55. The van der Waals surface area contributed by atoms with Gasteiger partial charge in [0.1, 0.15) is 5.75 Å². The molecular formula is C20H24N2O3. The van der Waals surface area contributed by atoms with E-state index in [4.69, 9.17) is 10.5 Å². The normalized spacial score (nSPS) is 41.4. The molecule has 3 aliphatic carbocycles. The SMILES string of the molecule is Nc1ccc2c3c1O[C@H]1C(=O)CC[C@@]4(O)[C@@H](C2)N(CC2CC2)CC[C@]314. The Labute approximate surface area is 147 Å². The fourth-order valence-corrected chi connectivity index (χ4v) is 6.30. The molecule has 5 aliphatic rings. The van der Waals surface area contributed by atoms with E-state index in [1.807, 2.05) is 6.07 Å². The summed E-state index contributed by atoms with van der Waals surface area (Å²) in [5, 5.41) is 12.0. The van der Waals surface area contributed by atoms with Gasteiger partial charge in [-0.1, -0.05) is 6.07 Å². The number of Topliss-reactive ketones (excluding diaryl/α,β-unsaturated/α-hetero) is 1. The van der Waals surface area contributed by atoms with Gasteiger partial charge in [-0.05, 0) is 56.2 Å². The van der Waals surface area contributed by atoms with E-state index in [-0.39, 0.29) is 11.8 Å². The molecule has 4 atom stereocenters. The molecule has 6 rings (SSSR count). The number of ketones is 1. The van der Waals surface area contributed by atoms with Gasteiger partial charge < -0.3 is 15.6 Å². The van der Waals surface area contributed by atoms with Crippen molar-refractivity contribution >= 4 is 11.5 Å². The summed E-state index contributed by atoms with van der Waals surface area (Å²) in [6, 6.07) is 4.08. The Balaban J connectivity index is 1.58. The van der Waals surface area contributed by atoms with Crippen molar-refractivity contribution in [3.8, 4) is 5.75 Å². The van der Waals surface area contributed by atoms with E-state index in [0.29, 0.717) is 24.3 Å². The van der Waals surface area contributed by atoms with Crippen LogP contribution in [0.15, 0.2) is 12.1 Å². The van der Waals surface area contributed by atoms with Crippen LogP contribution in [0.5, 0.6) is 5.75 Å². The molecule has 2 saturated carbocycles. The van der Waals surface area contributed by atoms with Gasteiger partial charge in [-0.15, -0.1) is 0 Å². The highest BCUT2D eigenvalue weighted by Crippen LogP contribution is 2.64. The first kappa shape index (κ1) is 14.6. The summed E-state index contributed by atoms with van der Waals surface area (Å²) in [7, 11) is 0. The molecule has 1 aromatic rings. The van der Waals surface area contributed by atoms with E-state index in [9.17, 15) is 9.90 Å². The van der Waals surface area contributed by atoms with E-state index in [2.05, 4.69) is 11.0 Å². The Bertz CT molecular complexity index is 804. The fourth-order valence-electron chi connectivity index (χ4n) is 6.30. The lowest BCUT2D eigenvalue weighted by atomic mass is 9.49. The van der Waals surface area contributed by atoms with Gasteiger partial charge in [0.05, 0.1) is 16.7 Å². The highest BCUT2D eigenvalue weighted by Gasteiger charge is 2.73. The van der Waals surface area contributed by atoms with E-state index in [1.54, 1.807) is 0 Å². The molecule has 2 aliphatic heterocycles. The number of nitrogen functional groups attached to an aromatic ring is 1. The lowest BCUT2D eigenvalue weighted by Gasteiger charge is -2.62. The summed E-state index contributed by atoms with van der Waals surface area (Å²) in [4.78, 5) is 15.3. The second-order valence-electron chi connectivity index (χ2n) is 8.79. The van der Waals surface area contributed by atoms with E-state index in [0.717, 1.165) is 37.4 Å². The predicted octanol–water partition coefficient (Wildman–Crippen LogP) is 1.40. The number of anilines is 1. The number of hydrogen-bond donors (Lipinski definition) is 2. The molecule has 132 valence electrons. The number of piperidine rings is 1. The Morgan fingerprint density at radius 3 is 2.96 bits per heavy atom. The lowest BCUT2D eigenvalue weighted by molar-refractivity contribution is -0.188. The molecule has 5 heteroatoms. The average molecular weight is 340 g/mol. The van der Waals surface area contributed by atoms with Crippen molar-refractivity contribution in [3.05, 3.63) is 23.3 Å². The van der Waals surface area contributed by atoms with Crippen molar-refractivity contribution in [2.75, 3.05) is 18.8 Å². The van der Waals surface area contributed by atoms with Gasteiger partial charge in [-0.2, -0.15) is 0 Å². The van der Waals surface area contributed by atoms with Gasteiger partial charge in [0.15, 0.2) is 11.9 Å². The quantitative estimate of drug-likeness (QED) is 0.796. The van der Waals surface area contributed by atoms with Crippen molar-refractivity contribution in [1.82, 2.24) is 4.90 Å². The van der Waals surface area contributed by atoms with Crippen LogP contribution in [0.1, 0.15) is 43.2 Å². The summed E-state index contributed by atoms with van der Waals surface area (Å²) in [6.07, 6.45) is 4.63. The number of carbonyl (C=O) groups is 1. The molecule has 0 aromatic heterocycles. The molecule has 1 aromatic carbocycles. The molecule has 2 heterocycles. The Morgan fingerprint density at radius 1 is 1.32 bits per heavy atom. The third-order valence-corrected chi connectivity index (χ3v) is 7.61. The topological polar surface area (TPSA) is 75.8 Å². The molecule has 0 radical (unpaired) electrons. The van der Waals surface area contributed by atoms with Crippen molar-refractivity contribution in [1.29, 1.82) is 0 Å². The minimum Gasteiger partial charge on any atom is -0.479 e. The molecule has 2 bridgehead atoms. The standard InChI is InChI=1S/C20H24N2O3/c21-13-4-3-12-9-15-20(24)6-5-14(23)18-19(20,16(12)17(13)25-18)7-8-22(15)10-11-1-2-11/h3-4,11,15,18,24H,1-2,5-10,21H2/t15-,18+,19+,20-/m1/s1. The van der Waals surface area contributed by atoms with Gasteiger partial charge >= 0.3 is 0 Å². The number of benzene rings is 1. The Morgan fingerprint density at radius 2 is 2.16 bits per heavy atom. The van der Waals surface area contributed by atoms with Gasteiger partial charge in [0.2, 0.25) is 0 Å². The smallest absolute Gasteiger partial charge is 0.174 e. The summed E-state index contributed by atoms with van der Waals surface area (Å²) in [5.41, 5.74) is 7.58. The maximum Gasteiger partial charge on any atom is 0.174 e. The first-order valence-electron chi connectivity index (χ1n) is 9.62.